The van der Waals surface area contributed by atoms with Crippen molar-refractivity contribution in [1.82, 2.24) is 15.0 Å². The highest BCUT2D eigenvalue weighted by Crippen LogP contribution is 2.32. The second-order valence-corrected chi connectivity index (χ2v) is 6.82. The first-order valence-electron chi connectivity index (χ1n) is 8.90. The van der Waals surface area contributed by atoms with Crippen LogP contribution >= 0.6 is 0 Å². The Morgan fingerprint density at radius 3 is 2.62 bits per heavy atom. The summed E-state index contributed by atoms with van der Waals surface area (Å²) in [6.45, 7) is 8.09. The Morgan fingerprint density at radius 2 is 1.88 bits per heavy atom. The predicted molar refractivity (Wildman–Crippen MR) is 94.1 cm³/mol. The van der Waals surface area contributed by atoms with E-state index in [1.165, 1.54) is 5.56 Å². The van der Waals surface area contributed by atoms with Gasteiger partial charge in [0.15, 0.2) is 11.5 Å². The maximum absolute atomic E-state index is 12.6. The molecule has 0 saturated carbocycles. The maximum atomic E-state index is 12.6. The Balaban J connectivity index is 1.30. The average molecular weight is 357 g/mol. The van der Waals surface area contributed by atoms with Crippen molar-refractivity contribution in [3.05, 3.63) is 40.8 Å². The molecule has 1 aromatic heterocycles. The highest BCUT2D eigenvalue weighted by Gasteiger charge is 2.24. The van der Waals surface area contributed by atoms with Gasteiger partial charge in [-0.2, -0.15) is 0 Å². The second kappa shape index (κ2) is 6.99. The van der Waals surface area contributed by atoms with Crippen LogP contribution in [-0.2, 0) is 17.8 Å². The molecule has 1 saturated heterocycles. The number of hydrogen-bond acceptors (Lipinski definition) is 6. The van der Waals surface area contributed by atoms with E-state index in [0.717, 1.165) is 61.2 Å². The lowest BCUT2D eigenvalue weighted by Gasteiger charge is -2.34. The van der Waals surface area contributed by atoms with Gasteiger partial charge in [-0.25, -0.2) is 0 Å². The van der Waals surface area contributed by atoms with Crippen molar-refractivity contribution >= 4 is 5.91 Å². The number of aromatic nitrogens is 1. The molecule has 2 aliphatic rings. The number of carbonyl (C=O) groups excluding carboxylic acids is 1. The molecule has 1 fully saturated rings. The van der Waals surface area contributed by atoms with E-state index < -0.39 is 0 Å². The third-order valence-electron chi connectivity index (χ3n) is 5.08. The van der Waals surface area contributed by atoms with E-state index in [2.05, 4.69) is 16.1 Å². The summed E-state index contributed by atoms with van der Waals surface area (Å²) in [4.78, 5) is 16.9. The number of ether oxygens (including phenoxy) is 2. The normalized spacial score (nSPS) is 16.9. The number of aryl methyl sites for hydroxylation is 2. The zero-order valence-electron chi connectivity index (χ0n) is 15.2. The molecule has 0 N–H and O–H groups in total. The minimum atomic E-state index is 0.141. The van der Waals surface area contributed by atoms with E-state index in [4.69, 9.17) is 14.0 Å². The first-order chi connectivity index (χ1) is 12.6. The topological polar surface area (TPSA) is 68.0 Å². The lowest BCUT2D eigenvalue weighted by molar-refractivity contribution is -0.132. The SMILES string of the molecule is Cc1noc(C)c1CC(=O)N1CCN(Cc2ccc3c(c2)OCO3)CC1. The summed E-state index contributed by atoms with van der Waals surface area (Å²) in [5.74, 6) is 2.50. The van der Waals surface area contributed by atoms with Crippen LogP contribution in [0.15, 0.2) is 22.7 Å². The molecular formula is C19H23N3O4. The molecule has 3 heterocycles. The van der Waals surface area contributed by atoms with Crippen LogP contribution < -0.4 is 9.47 Å². The standard InChI is InChI=1S/C19H23N3O4/c1-13-16(14(2)26-20-13)10-19(23)22-7-5-21(6-8-22)11-15-3-4-17-18(9-15)25-12-24-17/h3-4,9H,5-8,10-12H2,1-2H3. The van der Waals surface area contributed by atoms with Crippen LogP contribution in [0.5, 0.6) is 11.5 Å². The molecule has 138 valence electrons. The monoisotopic (exact) mass is 357 g/mol. The van der Waals surface area contributed by atoms with Crippen molar-refractivity contribution in [2.45, 2.75) is 26.8 Å². The third kappa shape index (κ3) is 3.39. The van der Waals surface area contributed by atoms with Gasteiger partial charge in [-0.05, 0) is 31.5 Å². The molecule has 0 atom stereocenters. The van der Waals surface area contributed by atoms with Gasteiger partial charge in [-0.15, -0.1) is 0 Å². The zero-order chi connectivity index (χ0) is 18.1. The van der Waals surface area contributed by atoms with Crippen LogP contribution in [0.2, 0.25) is 0 Å². The molecule has 4 rings (SSSR count). The number of nitrogens with zero attached hydrogens (tertiary/aromatic N) is 3. The third-order valence-corrected chi connectivity index (χ3v) is 5.08. The largest absolute Gasteiger partial charge is 0.454 e. The minimum absolute atomic E-state index is 0.141. The van der Waals surface area contributed by atoms with Crippen LogP contribution in [-0.4, -0.2) is 53.8 Å². The Bertz CT molecular complexity index is 790. The first kappa shape index (κ1) is 16.9. The quantitative estimate of drug-likeness (QED) is 0.833. The molecule has 7 heteroatoms. The fourth-order valence-corrected chi connectivity index (χ4v) is 3.47. The van der Waals surface area contributed by atoms with Gasteiger partial charge in [0.05, 0.1) is 12.1 Å². The molecule has 1 amide bonds. The van der Waals surface area contributed by atoms with E-state index in [-0.39, 0.29) is 5.91 Å². The van der Waals surface area contributed by atoms with Crippen LogP contribution in [0.1, 0.15) is 22.6 Å². The fraction of sp³-hybridized carbons (Fsp3) is 0.474. The maximum Gasteiger partial charge on any atom is 0.231 e. The summed E-state index contributed by atoms with van der Waals surface area (Å²) in [7, 11) is 0. The highest BCUT2D eigenvalue weighted by molar-refractivity contribution is 5.79. The van der Waals surface area contributed by atoms with E-state index in [9.17, 15) is 4.79 Å². The number of fused-ring (bicyclic) bond motifs is 1. The van der Waals surface area contributed by atoms with Gasteiger partial charge >= 0.3 is 0 Å². The second-order valence-electron chi connectivity index (χ2n) is 6.82. The van der Waals surface area contributed by atoms with Crippen LogP contribution in [0.4, 0.5) is 0 Å². The molecule has 0 unspecified atom stereocenters. The van der Waals surface area contributed by atoms with Crippen LogP contribution in [0.3, 0.4) is 0 Å². The molecule has 0 spiro atoms. The van der Waals surface area contributed by atoms with Gasteiger partial charge in [0.1, 0.15) is 5.76 Å². The van der Waals surface area contributed by atoms with Crippen molar-refractivity contribution in [1.29, 1.82) is 0 Å². The molecule has 0 aliphatic carbocycles. The molecule has 2 aromatic rings. The van der Waals surface area contributed by atoms with Crippen molar-refractivity contribution in [2.24, 2.45) is 0 Å². The molecule has 26 heavy (non-hydrogen) atoms. The lowest BCUT2D eigenvalue weighted by atomic mass is 10.1. The van der Waals surface area contributed by atoms with E-state index in [1.807, 2.05) is 30.9 Å². The van der Waals surface area contributed by atoms with Gasteiger partial charge in [0.2, 0.25) is 12.7 Å². The van der Waals surface area contributed by atoms with Gasteiger partial charge in [0, 0.05) is 38.3 Å². The molecular weight excluding hydrogens is 334 g/mol. The highest BCUT2D eigenvalue weighted by atomic mass is 16.7. The summed E-state index contributed by atoms with van der Waals surface area (Å²) in [6.07, 6.45) is 0.364. The number of amides is 1. The van der Waals surface area contributed by atoms with Crippen LogP contribution in [0.25, 0.3) is 0 Å². The molecule has 2 aliphatic heterocycles. The Hall–Kier alpha value is -2.54. The van der Waals surface area contributed by atoms with Gasteiger partial charge in [-0.3, -0.25) is 9.69 Å². The fourth-order valence-electron chi connectivity index (χ4n) is 3.47. The van der Waals surface area contributed by atoms with Gasteiger partial charge in [0.25, 0.3) is 0 Å². The van der Waals surface area contributed by atoms with Gasteiger partial charge in [-0.1, -0.05) is 11.2 Å². The smallest absolute Gasteiger partial charge is 0.231 e. The zero-order valence-corrected chi connectivity index (χ0v) is 15.2. The molecule has 7 nitrogen and oxygen atoms in total. The van der Waals surface area contributed by atoms with E-state index in [1.54, 1.807) is 0 Å². The lowest BCUT2D eigenvalue weighted by Crippen LogP contribution is -2.48. The molecule has 0 bridgehead atoms. The number of piperazine rings is 1. The molecule has 0 radical (unpaired) electrons. The molecule has 1 aromatic carbocycles. The van der Waals surface area contributed by atoms with Crippen molar-refractivity contribution in [3.63, 3.8) is 0 Å². The summed E-state index contributed by atoms with van der Waals surface area (Å²) in [5.41, 5.74) is 2.92. The van der Waals surface area contributed by atoms with Crippen molar-refractivity contribution in [2.75, 3.05) is 33.0 Å². The number of hydrogen-bond donors (Lipinski definition) is 0. The van der Waals surface area contributed by atoms with Gasteiger partial charge < -0.3 is 18.9 Å². The van der Waals surface area contributed by atoms with Crippen molar-refractivity contribution < 1.29 is 18.8 Å². The predicted octanol–water partition coefficient (Wildman–Crippen LogP) is 1.91. The number of rotatable bonds is 4. The van der Waals surface area contributed by atoms with Crippen LogP contribution in [0, 0.1) is 13.8 Å². The summed E-state index contributed by atoms with van der Waals surface area (Å²) in [5, 5.41) is 3.92. The number of benzene rings is 1. The number of carbonyl (C=O) groups is 1. The Kier molecular flexibility index (Phi) is 4.55. The summed E-state index contributed by atoms with van der Waals surface area (Å²) in [6, 6.07) is 6.07. The van der Waals surface area contributed by atoms with E-state index >= 15 is 0 Å². The van der Waals surface area contributed by atoms with Crippen molar-refractivity contribution in [3.8, 4) is 11.5 Å². The van der Waals surface area contributed by atoms with E-state index in [0.29, 0.717) is 13.2 Å². The average Bonchev–Trinajstić information content (AvgIpc) is 3.23. The minimum Gasteiger partial charge on any atom is -0.454 e. The Morgan fingerprint density at radius 1 is 1.12 bits per heavy atom. The Labute approximate surface area is 152 Å². The summed E-state index contributed by atoms with van der Waals surface area (Å²) >= 11 is 0. The summed E-state index contributed by atoms with van der Waals surface area (Å²) < 4.78 is 15.9. The first-order valence-corrected chi connectivity index (χ1v) is 8.90.